The van der Waals surface area contributed by atoms with Crippen LogP contribution in [-0.2, 0) is 0 Å². The number of aliphatic hydroxyl groups is 1. The number of thioether (sulfide) groups is 1. The highest BCUT2D eigenvalue weighted by Gasteiger charge is 2.16. The second kappa shape index (κ2) is 7.05. The highest BCUT2D eigenvalue weighted by molar-refractivity contribution is 7.99. The van der Waals surface area contributed by atoms with E-state index in [0.29, 0.717) is 5.92 Å². The summed E-state index contributed by atoms with van der Waals surface area (Å²) in [4.78, 5) is 0. The minimum Gasteiger partial charge on any atom is -0.496 e. The minimum atomic E-state index is -0.456. The van der Waals surface area contributed by atoms with Crippen LogP contribution in [0.25, 0.3) is 0 Å². The van der Waals surface area contributed by atoms with E-state index < -0.39 is 6.10 Å². The van der Waals surface area contributed by atoms with Crippen molar-refractivity contribution in [3.05, 3.63) is 28.8 Å². The Labute approximate surface area is 115 Å². The minimum absolute atomic E-state index is 0.456. The van der Waals surface area contributed by atoms with E-state index in [4.69, 9.17) is 4.74 Å². The zero-order valence-electron chi connectivity index (χ0n) is 12.0. The lowest BCUT2D eigenvalue weighted by Gasteiger charge is -2.18. The zero-order chi connectivity index (χ0) is 13.7. The molecule has 0 saturated heterocycles. The number of hydrogen-bond acceptors (Lipinski definition) is 3. The van der Waals surface area contributed by atoms with Crippen LogP contribution in [0.4, 0.5) is 0 Å². The van der Waals surface area contributed by atoms with Crippen molar-refractivity contribution in [2.75, 3.05) is 18.6 Å². The summed E-state index contributed by atoms with van der Waals surface area (Å²) in [6, 6.07) is 4.02. The molecule has 1 atom stereocenters. The van der Waals surface area contributed by atoms with Gasteiger partial charge in [-0.1, -0.05) is 26.0 Å². The zero-order valence-corrected chi connectivity index (χ0v) is 12.8. The Hall–Kier alpha value is -0.670. The molecular formula is C15H24O2S. The summed E-state index contributed by atoms with van der Waals surface area (Å²) in [6.07, 6.45) is -0.456. The van der Waals surface area contributed by atoms with Crippen LogP contribution < -0.4 is 4.74 Å². The van der Waals surface area contributed by atoms with Gasteiger partial charge >= 0.3 is 0 Å². The second-order valence-corrected chi connectivity index (χ2v) is 6.15. The monoisotopic (exact) mass is 268 g/mol. The summed E-state index contributed by atoms with van der Waals surface area (Å²) in [7, 11) is 1.67. The first-order valence-corrected chi connectivity index (χ1v) is 7.52. The molecule has 1 aromatic rings. The van der Waals surface area contributed by atoms with Gasteiger partial charge in [0.05, 0.1) is 13.2 Å². The summed E-state index contributed by atoms with van der Waals surface area (Å²) in [5.41, 5.74) is 3.21. The predicted molar refractivity (Wildman–Crippen MR) is 79.6 cm³/mol. The Morgan fingerprint density at radius 2 is 1.89 bits per heavy atom. The summed E-state index contributed by atoms with van der Waals surface area (Å²) in [6.45, 7) is 8.47. The Balaban J connectivity index is 2.79. The topological polar surface area (TPSA) is 29.5 Å². The van der Waals surface area contributed by atoms with Gasteiger partial charge in [0.1, 0.15) is 5.75 Å². The van der Waals surface area contributed by atoms with Crippen molar-refractivity contribution in [2.45, 2.75) is 33.8 Å². The molecule has 0 amide bonds. The van der Waals surface area contributed by atoms with Gasteiger partial charge in [-0.25, -0.2) is 0 Å². The summed E-state index contributed by atoms with van der Waals surface area (Å²) < 4.78 is 5.44. The quantitative estimate of drug-likeness (QED) is 0.852. The van der Waals surface area contributed by atoms with Crippen molar-refractivity contribution in [3.63, 3.8) is 0 Å². The number of aryl methyl sites for hydroxylation is 1. The van der Waals surface area contributed by atoms with Gasteiger partial charge in [-0.05, 0) is 36.6 Å². The Morgan fingerprint density at radius 3 is 2.44 bits per heavy atom. The lowest BCUT2D eigenvalue weighted by Crippen LogP contribution is -2.06. The van der Waals surface area contributed by atoms with Gasteiger partial charge in [-0.3, -0.25) is 0 Å². The van der Waals surface area contributed by atoms with Crippen molar-refractivity contribution < 1.29 is 9.84 Å². The molecule has 1 unspecified atom stereocenters. The number of aliphatic hydroxyl groups excluding tert-OH is 1. The fourth-order valence-electron chi connectivity index (χ4n) is 1.85. The Bertz CT molecular complexity index is 388. The van der Waals surface area contributed by atoms with E-state index >= 15 is 0 Å². The third-order valence-electron chi connectivity index (χ3n) is 3.00. The van der Waals surface area contributed by atoms with Crippen LogP contribution in [0, 0.1) is 19.8 Å². The largest absolute Gasteiger partial charge is 0.496 e. The molecule has 0 aliphatic heterocycles. The van der Waals surface area contributed by atoms with Crippen LogP contribution in [0.2, 0.25) is 0 Å². The van der Waals surface area contributed by atoms with Gasteiger partial charge < -0.3 is 9.84 Å². The van der Waals surface area contributed by atoms with Crippen LogP contribution in [0.1, 0.15) is 36.6 Å². The first-order chi connectivity index (χ1) is 8.47. The van der Waals surface area contributed by atoms with Crippen molar-refractivity contribution in [1.82, 2.24) is 0 Å². The number of rotatable bonds is 6. The lowest BCUT2D eigenvalue weighted by atomic mass is 10.0. The average molecular weight is 268 g/mol. The number of ether oxygens (including phenoxy) is 1. The molecule has 0 bridgehead atoms. The van der Waals surface area contributed by atoms with Gasteiger partial charge in [-0.15, -0.1) is 0 Å². The normalized spacial score (nSPS) is 12.8. The van der Waals surface area contributed by atoms with Gasteiger partial charge in [0, 0.05) is 11.3 Å². The maximum Gasteiger partial charge on any atom is 0.127 e. The van der Waals surface area contributed by atoms with Crippen molar-refractivity contribution in [3.8, 4) is 5.75 Å². The molecular weight excluding hydrogens is 244 g/mol. The van der Waals surface area contributed by atoms with E-state index in [1.165, 1.54) is 5.56 Å². The van der Waals surface area contributed by atoms with E-state index in [0.717, 1.165) is 28.4 Å². The van der Waals surface area contributed by atoms with Crippen LogP contribution in [0.5, 0.6) is 5.75 Å². The molecule has 0 aliphatic carbocycles. The molecule has 3 heteroatoms. The van der Waals surface area contributed by atoms with Gasteiger partial charge in [0.25, 0.3) is 0 Å². The van der Waals surface area contributed by atoms with E-state index in [1.807, 2.05) is 19.1 Å². The van der Waals surface area contributed by atoms with E-state index in [2.05, 4.69) is 20.8 Å². The van der Waals surface area contributed by atoms with Crippen LogP contribution >= 0.6 is 11.8 Å². The SMILES string of the molecule is COc1c(C(O)CSCC(C)C)ccc(C)c1C. The van der Waals surface area contributed by atoms with E-state index in [-0.39, 0.29) is 0 Å². The van der Waals surface area contributed by atoms with Crippen LogP contribution in [0.3, 0.4) is 0 Å². The average Bonchev–Trinajstić information content (AvgIpc) is 2.31. The highest BCUT2D eigenvalue weighted by Crippen LogP contribution is 2.32. The molecule has 1 rings (SSSR count). The standard InChI is InChI=1S/C15H24O2S/c1-10(2)8-18-9-14(16)13-7-6-11(3)12(4)15(13)17-5/h6-7,10,14,16H,8-9H2,1-5H3. The van der Waals surface area contributed by atoms with E-state index in [9.17, 15) is 5.11 Å². The molecule has 1 N–H and O–H groups in total. The molecule has 0 aliphatic rings. The van der Waals surface area contributed by atoms with Crippen LogP contribution in [0.15, 0.2) is 12.1 Å². The smallest absolute Gasteiger partial charge is 0.127 e. The van der Waals surface area contributed by atoms with Gasteiger partial charge in [-0.2, -0.15) is 11.8 Å². The molecule has 0 saturated carbocycles. The fraction of sp³-hybridized carbons (Fsp3) is 0.600. The maximum absolute atomic E-state index is 10.3. The Kier molecular flexibility index (Phi) is 6.03. The summed E-state index contributed by atoms with van der Waals surface area (Å²) in [5, 5.41) is 10.3. The third-order valence-corrected chi connectivity index (χ3v) is 4.45. The molecule has 1 aromatic carbocycles. The Morgan fingerprint density at radius 1 is 1.22 bits per heavy atom. The lowest BCUT2D eigenvalue weighted by molar-refractivity contribution is 0.198. The molecule has 18 heavy (non-hydrogen) atoms. The first kappa shape index (κ1) is 15.4. The molecule has 0 radical (unpaired) electrons. The molecule has 0 fully saturated rings. The van der Waals surface area contributed by atoms with Gasteiger partial charge in [0.2, 0.25) is 0 Å². The van der Waals surface area contributed by atoms with E-state index in [1.54, 1.807) is 18.9 Å². The highest BCUT2D eigenvalue weighted by atomic mass is 32.2. The molecule has 0 aromatic heterocycles. The maximum atomic E-state index is 10.3. The van der Waals surface area contributed by atoms with Gasteiger partial charge in [0.15, 0.2) is 0 Å². The first-order valence-electron chi connectivity index (χ1n) is 6.37. The van der Waals surface area contributed by atoms with Crippen molar-refractivity contribution >= 4 is 11.8 Å². The fourth-order valence-corrected chi connectivity index (χ4v) is 2.86. The number of benzene rings is 1. The van der Waals surface area contributed by atoms with Crippen LogP contribution in [-0.4, -0.2) is 23.7 Å². The molecule has 0 heterocycles. The summed E-state index contributed by atoms with van der Waals surface area (Å²) in [5.74, 6) is 3.28. The predicted octanol–water partition coefficient (Wildman–Crippen LogP) is 3.73. The third kappa shape index (κ3) is 3.92. The number of methoxy groups -OCH3 is 1. The summed E-state index contributed by atoms with van der Waals surface area (Å²) >= 11 is 1.79. The molecule has 0 spiro atoms. The number of hydrogen-bond donors (Lipinski definition) is 1. The molecule has 102 valence electrons. The second-order valence-electron chi connectivity index (χ2n) is 5.08. The molecule has 2 nitrogen and oxygen atoms in total. The van der Waals surface area contributed by atoms with Crippen molar-refractivity contribution in [1.29, 1.82) is 0 Å². The van der Waals surface area contributed by atoms with Crippen molar-refractivity contribution in [2.24, 2.45) is 5.92 Å².